The molecule has 9 heteroatoms. The molecule has 1 saturated heterocycles. The molecule has 170 valence electrons. The number of nitrogens with one attached hydrogen (secondary N) is 1. The van der Waals surface area contributed by atoms with Gasteiger partial charge in [0.1, 0.15) is 23.7 Å². The summed E-state index contributed by atoms with van der Waals surface area (Å²) in [5.74, 6) is -2.51. The van der Waals surface area contributed by atoms with Crippen LogP contribution in [0.3, 0.4) is 0 Å². The van der Waals surface area contributed by atoms with Gasteiger partial charge in [0.2, 0.25) is 0 Å². The van der Waals surface area contributed by atoms with Gasteiger partial charge in [-0.1, -0.05) is 36.4 Å². The van der Waals surface area contributed by atoms with Gasteiger partial charge in [-0.3, -0.25) is 19.8 Å². The molecule has 0 saturated carbocycles. The van der Waals surface area contributed by atoms with Gasteiger partial charge in [0.25, 0.3) is 11.8 Å². The molecule has 2 N–H and O–H groups in total. The van der Waals surface area contributed by atoms with Crippen LogP contribution in [0.2, 0.25) is 0 Å². The van der Waals surface area contributed by atoms with Crippen LogP contribution in [0.25, 0.3) is 6.08 Å². The largest absolute Gasteiger partial charge is 0.489 e. The highest BCUT2D eigenvalue weighted by atomic mass is 32.1. The molecule has 4 rings (SSSR count). The minimum Gasteiger partial charge on any atom is -0.489 e. The van der Waals surface area contributed by atoms with Crippen molar-refractivity contribution >= 4 is 46.9 Å². The molecule has 1 heterocycles. The van der Waals surface area contributed by atoms with E-state index in [1.54, 1.807) is 42.5 Å². The Kier molecular flexibility index (Phi) is 6.46. The summed E-state index contributed by atoms with van der Waals surface area (Å²) in [5, 5.41) is 11.5. The molecule has 7 nitrogen and oxygen atoms in total. The van der Waals surface area contributed by atoms with Crippen LogP contribution in [0.4, 0.5) is 10.1 Å². The molecule has 3 aromatic carbocycles. The van der Waals surface area contributed by atoms with Crippen molar-refractivity contribution in [2.45, 2.75) is 6.61 Å². The third kappa shape index (κ3) is 4.84. The fourth-order valence-corrected chi connectivity index (χ4v) is 3.59. The Balaban J connectivity index is 1.60. The number of benzene rings is 3. The zero-order valence-corrected chi connectivity index (χ0v) is 18.3. The van der Waals surface area contributed by atoms with E-state index in [0.29, 0.717) is 16.9 Å². The number of thiocarbonyl (C=S) groups is 1. The molecule has 3 aromatic rings. The van der Waals surface area contributed by atoms with E-state index >= 15 is 0 Å². The van der Waals surface area contributed by atoms with Crippen molar-refractivity contribution in [3.8, 4) is 5.75 Å². The number of carbonyl (C=O) groups is 3. The molecule has 2 amide bonds. The monoisotopic (exact) mass is 476 g/mol. The normalized spacial score (nSPS) is 14.8. The smallest absolute Gasteiger partial charge is 0.335 e. The van der Waals surface area contributed by atoms with Crippen LogP contribution in [-0.4, -0.2) is 28.0 Å². The molecular formula is C25H17FN2O5S. The minimum absolute atomic E-state index is 0.00802. The first-order valence-electron chi connectivity index (χ1n) is 10.0. The molecule has 1 fully saturated rings. The number of hydrogen-bond donors (Lipinski definition) is 2. The Morgan fingerprint density at radius 1 is 1.06 bits per heavy atom. The molecule has 1 aliphatic heterocycles. The maximum atomic E-state index is 13.8. The summed E-state index contributed by atoms with van der Waals surface area (Å²) in [6, 6.07) is 18.5. The second kappa shape index (κ2) is 9.63. The van der Waals surface area contributed by atoms with Gasteiger partial charge in [-0.2, -0.15) is 0 Å². The van der Waals surface area contributed by atoms with Gasteiger partial charge < -0.3 is 9.84 Å². The van der Waals surface area contributed by atoms with Gasteiger partial charge in [-0.05, 0) is 60.3 Å². The zero-order valence-electron chi connectivity index (χ0n) is 17.5. The summed E-state index contributed by atoms with van der Waals surface area (Å²) in [5.41, 5.74) is 0.871. The van der Waals surface area contributed by atoms with Crippen molar-refractivity contribution in [2.24, 2.45) is 0 Å². The number of halogens is 1. The number of amides is 2. The molecule has 0 spiro atoms. The average molecular weight is 476 g/mol. The zero-order chi connectivity index (χ0) is 24.2. The van der Waals surface area contributed by atoms with Crippen LogP contribution in [-0.2, 0) is 16.2 Å². The molecule has 0 atom stereocenters. The highest BCUT2D eigenvalue weighted by Crippen LogP contribution is 2.24. The number of ether oxygens (including phenoxy) is 1. The quantitative estimate of drug-likeness (QED) is 0.318. The highest BCUT2D eigenvalue weighted by Gasteiger charge is 2.34. The van der Waals surface area contributed by atoms with Gasteiger partial charge in [-0.25, -0.2) is 9.18 Å². The molecule has 0 bridgehead atoms. The Labute approximate surface area is 199 Å². The lowest BCUT2D eigenvalue weighted by Gasteiger charge is -2.29. The lowest BCUT2D eigenvalue weighted by Crippen LogP contribution is -2.54. The maximum absolute atomic E-state index is 13.8. The van der Waals surface area contributed by atoms with Gasteiger partial charge >= 0.3 is 5.97 Å². The fourth-order valence-electron chi connectivity index (χ4n) is 3.31. The number of anilines is 1. The summed E-state index contributed by atoms with van der Waals surface area (Å²) in [6.07, 6.45) is 1.38. The van der Waals surface area contributed by atoms with Gasteiger partial charge in [0.05, 0.1) is 11.3 Å². The van der Waals surface area contributed by atoms with Crippen molar-refractivity contribution in [3.63, 3.8) is 0 Å². The number of rotatable bonds is 6. The fraction of sp³-hybridized carbons (Fsp3) is 0.0400. The number of hydrogen-bond acceptors (Lipinski definition) is 5. The van der Waals surface area contributed by atoms with Crippen LogP contribution in [0.1, 0.15) is 21.5 Å². The topological polar surface area (TPSA) is 95.9 Å². The van der Waals surface area contributed by atoms with E-state index in [1.807, 2.05) is 0 Å². The molecule has 1 aliphatic rings. The first-order chi connectivity index (χ1) is 16.3. The number of carboxylic acids is 1. The molecule has 0 unspecified atom stereocenters. The van der Waals surface area contributed by atoms with Crippen LogP contribution < -0.4 is 15.0 Å². The van der Waals surface area contributed by atoms with Crippen molar-refractivity contribution in [2.75, 3.05) is 4.90 Å². The summed E-state index contributed by atoms with van der Waals surface area (Å²) < 4.78 is 19.5. The van der Waals surface area contributed by atoms with Crippen LogP contribution in [0, 0.1) is 5.82 Å². The lowest BCUT2D eigenvalue weighted by atomic mass is 10.1. The predicted octanol–water partition coefficient (Wildman–Crippen LogP) is 3.93. The van der Waals surface area contributed by atoms with Gasteiger partial charge in [-0.15, -0.1) is 0 Å². The maximum Gasteiger partial charge on any atom is 0.335 e. The highest BCUT2D eigenvalue weighted by molar-refractivity contribution is 7.80. The van der Waals surface area contributed by atoms with Crippen LogP contribution in [0.5, 0.6) is 5.75 Å². The third-order valence-electron chi connectivity index (χ3n) is 4.97. The standard InChI is InChI=1S/C25H17FN2O5S/c26-21-10-2-1-6-17(21)14-33-19-9-3-5-15(11-19)12-20-22(29)27-25(34)28(23(20)30)18-8-4-7-16(13-18)24(31)32/h1-13H,14H2,(H,31,32)(H,27,29,34). The third-order valence-corrected chi connectivity index (χ3v) is 5.26. The second-order valence-corrected chi connectivity index (χ2v) is 7.65. The van der Waals surface area contributed by atoms with Crippen molar-refractivity contribution < 1.29 is 28.6 Å². The molecular weight excluding hydrogens is 459 g/mol. The number of carbonyl (C=O) groups excluding carboxylic acids is 2. The Bertz CT molecular complexity index is 1350. The SMILES string of the molecule is O=C1NC(=S)N(c2cccc(C(=O)O)c2)C(=O)C1=Cc1cccc(OCc2ccccc2F)c1. The van der Waals surface area contributed by atoms with Gasteiger partial charge in [0.15, 0.2) is 5.11 Å². The Hall–Kier alpha value is -4.37. The summed E-state index contributed by atoms with van der Waals surface area (Å²) in [6.45, 7) is 0.00802. The lowest BCUT2D eigenvalue weighted by molar-refractivity contribution is -0.122. The first-order valence-corrected chi connectivity index (χ1v) is 10.5. The predicted molar refractivity (Wildman–Crippen MR) is 127 cm³/mol. The van der Waals surface area contributed by atoms with E-state index < -0.39 is 17.8 Å². The van der Waals surface area contributed by atoms with E-state index in [4.69, 9.17) is 17.0 Å². The summed E-state index contributed by atoms with van der Waals surface area (Å²) in [7, 11) is 0. The van der Waals surface area contributed by atoms with Gasteiger partial charge in [0, 0.05) is 5.56 Å². The van der Waals surface area contributed by atoms with E-state index in [0.717, 1.165) is 4.90 Å². The van der Waals surface area contributed by atoms with Crippen LogP contribution >= 0.6 is 12.2 Å². The Morgan fingerprint density at radius 2 is 1.82 bits per heavy atom. The summed E-state index contributed by atoms with van der Waals surface area (Å²) in [4.78, 5) is 38.0. The molecule has 0 radical (unpaired) electrons. The van der Waals surface area contributed by atoms with Crippen LogP contribution in [0.15, 0.2) is 78.4 Å². The molecule has 0 aliphatic carbocycles. The number of aromatic carboxylic acids is 1. The Morgan fingerprint density at radius 3 is 2.59 bits per heavy atom. The second-order valence-electron chi connectivity index (χ2n) is 7.27. The number of carboxylic acid groups (broad SMARTS) is 1. The first kappa shape index (κ1) is 22.8. The van der Waals surface area contributed by atoms with E-state index in [2.05, 4.69) is 5.32 Å². The minimum atomic E-state index is -1.16. The molecule has 34 heavy (non-hydrogen) atoms. The van der Waals surface area contributed by atoms with E-state index in [1.165, 1.54) is 36.4 Å². The van der Waals surface area contributed by atoms with E-state index in [9.17, 15) is 23.9 Å². The summed E-state index contributed by atoms with van der Waals surface area (Å²) >= 11 is 5.15. The van der Waals surface area contributed by atoms with Crippen molar-refractivity contribution in [1.29, 1.82) is 0 Å². The van der Waals surface area contributed by atoms with E-state index in [-0.39, 0.29) is 34.4 Å². The number of nitrogens with zero attached hydrogens (tertiary/aromatic N) is 1. The average Bonchev–Trinajstić information content (AvgIpc) is 2.81. The van der Waals surface area contributed by atoms with Crippen molar-refractivity contribution in [3.05, 3.63) is 101 Å². The molecule has 0 aromatic heterocycles. The van der Waals surface area contributed by atoms with Crippen molar-refractivity contribution in [1.82, 2.24) is 5.32 Å².